The molecule has 0 radical (unpaired) electrons. The standard InChI is InChI=1S/C22H34N6O/c1-2-3-11-21(22-23-24-25-28(22)18-20-10-7-16-29-20)27-14-12-26(13-15-27)17-19-8-5-4-6-9-19/h4-6,8-9,20-21H,2-3,7,10-18H2,1H3/p+2/t20-,21-/m0/s1. The van der Waals surface area contributed by atoms with Crippen molar-refractivity contribution in [2.45, 2.75) is 64.3 Å². The summed E-state index contributed by atoms with van der Waals surface area (Å²) >= 11 is 0. The van der Waals surface area contributed by atoms with E-state index in [1.54, 1.807) is 9.80 Å². The second-order valence-electron chi connectivity index (χ2n) is 8.62. The molecule has 4 rings (SSSR count). The topological polar surface area (TPSA) is 61.7 Å². The van der Waals surface area contributed by atoms with Crippen molar-refractivity contribution < 1.29 is 14.5 Å². The highest BCUT2D eigenvalue weighted by Gasteiger charge is 2.34. The Morgan fingerprint density at radius 3 is 2.72 bits per heavy atom. The van der Waals surface area contributed by atoms with Crippen molar-refractivity contribution >= 4 is 0 Å². The summed E-state index contributed by atoms with van der Waals surface area (Å²) in [5.41, 5.74) is 1.44. The minimum absolute atomic E-state index is 0.270. The van der Waals surface area contributed by atoms with Crippen molar-refractivity contribution in [3.63, 3.8) is 0 Å². The molecule has 1 aromatic carbocycles. The van der Waals surface area contributed by atoms with E-state index in [-0.39, 0.29) is 6.10 Å². The Balaban J connectivity index is 1.39. The van der Waals surface area contributed by atoms with Gasteiger partial charge in [0.2, 0.25) is 5.82 Å². The van der Waals surface area contributed by atoms with Gasteiger partial charge in [-0.05, 0) is 29.7 Å². The van der Waals surface area contributed by atoms with Gasteiger partial charge in [0, 0.05) is 18.6 Å². The number of hydrogen-bond donors (Lipinski definition) is 2. The zero-order valence-electron chi connectivity index (χ0n) is 17.7. The van der Waals surface area contributed by atoms with Gasteiger partial charge in [0.05, 0.1) is 12.6 Å². The van der Waals surface area contributed by atoms with Gasteiger partial charge in [-0.25, -0.2) is 4.68 Å². The smallest absolute Gasteiger partial charge is 0.209 e. The zero-order chi connectivity index (χ0) is 19.9. The quantitative estimate of drug-likeness (QED) is 0.625. The molecular formula is C22H36N6O+2. The Morgan fingerprint density at radius 1 is 1.17 bits per heavy atom. The van der Waals surface area contributed by atoms with Gasteiger partial charge in [-0.3, -0.25) is 0 Å². The van der Waals surface area contributed by atoms with Crippen LogP contribution in [0.1, 0.15) is 56.5 Å². The minimum Gasteiger partial charge on any atom is -0.376 e. The predicted molar refractivity (Wildman–Crippen MR) is 111 cm³/mol. The summed E-state index contributed by atoms with van der Waals surface area (Å²) < 4.78 is 7.87. The first kappa shape index (κ1) is 20.4. The molecule has 29 heavy (non-hydrogen) atoms. The normalized spacial score (nSPS) is 25.9. The lowest BCUT2D eigenvalue weighted by Crippen LogP contribution is -3.27. The lowest BCUT2D eigenvalue weighted by atomic mass is 10.1. The van der Waals surface area contributed by atoms with E-state index in [1.165, 1.54) is 44.6 Å². The summed E-state index contributed by atoms with van der Waals surface area (Å²) in [5, 5.41) is 12.9. The molecular weight excluding hydrogens is 364 g/mol. The third kappa shape index (κ3) is 5.41. The highest BCUT2D eigenvalue weighted by molar-refractivity contribution is 5.13. The average Bonchev–Trinajstić information content (AvgIpc) is 3.43. The molecule has 2 saturated heterocycles. The lowest BCUT2D eigenvalue weighted by molar-refractivity contribution is -1.03. The van der Waals surface area contributed by atoms with E-state index >= 15 is 0 Å². The molecule has 0 aliphatic carbocycles. The lowest BCUT2D eigenvalue weighted by Gasteiger charge is -2.34. The number of benzene rings is 1. The summed E-state index contributed by atoms with van der Waals surface area (Å²) in [6, 6.07) is 11.3. The van der Waals surface area contributed by atoms with Crippen LogP contribution in [-0.2, 0) is 17.8 Å². The number of nitrogens with one attached hydrogen (secondary N) is 2. The van der Waals surface area contributed by atoms with Crippen molar-refractivity contribution in [3.8, 4) is 0 Å². The molecule has 7 nitrogen and oxygen atoms in total. The first-order chi connectivity index (χ1) is 14.3. The number of nitrogens with zero attached hydrogens (tertiary/aromatic N) is 4. The van der Waals surface area contributed by atoms with E-state index in [0.29, 0.717) is 6.04 Å². The Morgan fingerprint density at radius 2 is 2.00 bits per heavy atom. The molecule has 0 saturated carbocycles. The largest absolute Gasteiger partial charge is 0.376 e. The second-order valence-corrected chi connectivity index (χ2v) is 8.62. The van der Waals surface area contributed by atoms with Gasteiger partial charge < -0.3 is 14.5 Å². The predicted octanol–water partition coefficient (Wildman–Crippen LogP) is 0.0670. The van der Waals surface area contributed by atoms with E-state index in [0.717, 1.165) is 44.8 Å². The fourth-order valence-electron chi connectivity index (χ4n) is 4.83. The van der Waals surface area contributed by atoms with Crippen LogP contribution in [0.5, 0.6) is 0 Å². The van der Waals surface area contributed by atoms with Crippen LogP contribution in [-0.4, -0.2) is 59.1 Å². The molecule has 0 amide bonds. The van der Waals surface area contributed by atoms with Crippen molar-refractivity contribution in [3.05, 3.63) is 41.7 Å². The van der Waals surface area contributed by atoms with Gasteiger partial charge in [0.1, 0.15) is 38.8 Å². The highest BCUT2D eigenvalue weighted by atomic mass is 16.5. The first-order valence-corrected chi connectivity index (χ1v) is 11.4. The number of ether oxygens (including phenoxy) is 1. The molecule has 0 unspecified atom stereocenters. The molecule has 158 valence electrons. The minimum atomic E-state index is 0.270. The molecule has 2 fully saturated rings. The van der Waals surface area contributed by atoms with E-state index in [9.17, 15) is 0 Å². The van der Waals surface area contributed by atoms with Crippen molar-refractivity contribution in [2.24, 2.45) is 0 Å². The van der Waals surface area contributed by atoms with E-state index < -0.39 is 0 Å². The molecule has 3 heterocycles. The Hall–Kier alpha value is -1.83. The number of aromatic nitrogens is 4. The van der Waals surface area contributed by atoms with Crippen LogP contribution in [0.4, 0.5) is 0 Å². The van der Waals surface area contributed by atoms with Gasteiger partial charge in [0.25, 0.3) is 0 Å². The van der Waals surface area contributed by atoms with Crippen molar-refractivity contribution in [1.29, 1.82) is 0 Å². The Labute approximate surface area is 174 Å². The van der Waals surface area contributed by atoms with Crippen molar-refractivity contribution in [2.75, 3.05) is 32.8 Å². The highest BCUT2D eigenvalue weighted by Crippen LogP contribution is 2.18. The van der Waals surface area contributed by atoms with Crippen LogP contribution >= 0.6 is 0 Å². The van der Waals surface area contributed by atoms with E-state index in [1.807, 2.05) is 4.68 Å². The molecule has 0 spiro atoms. The fraction of sp³-hybridized carbons (Fsp3) is 0.682. The third-order valence-corrected chi connectivity index (χ3v) is 6.51. The number of tetrazole rings is 1. The van der Waals surface area contributed by atoms with Gasteiger partial charge >= 0.3 is 0 Å². The van der Waals surface area contributed by atoms with Crippen LogP contribution in [0.25, 0.3) is 0 Å². The van der Waals surface area contributed by atoms with Gasteiger partial charge in [-0.2, -0.15) is 0 Å². The Bertz CT molecular complexity index is 722. The van der Waals surface area contributed by atoms with Gasteiger partial charge in [0.15, 0.2) is 0 Å². The summed E-state index contributed by atoms with van der Waals surface area (Å²) in [6.45, 7) is 9.85. The first-order valence-electron chi connectivity index (χ1n) is 11.4. The molecule has 2 atom stereocenters. The van der Waals surface area contributed by atoms with Crippen LogP contribution in [0.15, 0.2) is 30.3 Å². The molecule has 2 N–H and O–H groups in total. The van der Waals surface area contributed by atoms with Gasteiger partial charge in [-0.15, -0.1) is 5.10 Å². The summed E-state index contributed by atoms with van der Waals surface area (Å²) in [6.07, 6.45) is 6.13. The van der Waals surface area contributed by atoms with Crippen LogP contribution < -0.4 is 9.80 Å². The van der Waals surface area contributed by atoms with Crippen molar-refractivity contribution in [1.82, 2.24) is 20.2 Å². The number of unbranched alkanes of at least 4 members (excludes halogenated alkanes) is 1. The van der Waals surface area contributed by atoms with Gasteiger partial charge in [-0.1, -0.05) is 43.7 Å². The number of piperazine rings is 1. The van der Waals surface area contributed by atoms with Crippen LogP contribution in [0.2, 0.25) is 0 Å². The molecule has 7 heteroatoms. The number of hydrogen-bond acceptors (Lipinski definition) is 4. The SMILES string of the molecule is CCCC[C@@H](c1nnnn1C[C@@H]1CCCO1)[NH+]1CC[NH+](Cc2ccccc2)CC1. The number of rotatable bonds is 9. The van der Waals surface area contributed by atoms with E-state index in [2.05, 4.69) is 52.8 Å². The van der Waals surface area contributed by atoms with Crippen LogP contribution in [0, 0.1) is 0 Å². The molecule has 0 bridgehead atoms. The monoisotopic (exact) mass is 400 g/mol. The molecule has 2 aliphatic heterocycles. The third-order valence-electron chi connectivity index (χ3n) is 6.51. The van der Waals surface area contributed by atoms with Crippen LogP contribution in [0.3, 0.4) is 0 Å². The Kier molecular flexibility index (Phi) is 7.24. The average molecular weight is 401 g/mol. The molecule has 2 aliphatic rings. The maximum atomic E-state index is 5.83. The second kappa shape index (κ2) is 10.3. The summed E-state index contributed by atoms with van der Waals surface area (Å²) in [4.78, 5) is 3.34. The number of quaternary nitrogens is 2. The fourth-order valence-corrected chi connectivity index (χ4v) is 4.83. The summed E-state index contributed by atoms with van der Waals surface area (Å²) in [5.74, 6) is 1.07. The summed E-state index contributed by atoms with van der Waals surface area (Å²) in [7, 11) is 0. The molecule has 1 aromatic heterocycles. The molecule has 2 aromatic rings. The maximum Gasteiger partial charge on any atom is 0.209 e. The van der Waals surface area contributed by atoms with E-state index in [4.69, 9.17) is 4.74 Å². The zero-order valence-corrected chi connectivity index (χ0v) is 17.7. The maximum absolute atomic E-state index is 5.83.